The third-order valence-corrected chi connectivity index (χ3v) is 2.79. The molecule has 0 aromatic heterocycles. The van der Waals surface area contributed by atoms with Gasteiger partial charge in [0.2, 0.25) is 5.91 Å². The van der Waals surface area contributed by atoms with E-state index in [4.69, 9.17) is 14.9 Å². The molecule has 1 unspecified atom stereocenters. The molecule has 0 saturated carbocycles. The van der Waals surface area contributed by atoms with Gasteiger partial charge < -0.3 is 25.6 Å². The maximum Gasteiger partial charge on any atom is 0.326 e. The number of amides is 1. The minimum atomic E-state index is -1.15. The van der Waals surface area contributed by atoms with E-state index in [9.17, 15) is 9.59 Å². The third-order valence-electron chi connectivity index (χ3n) is 2.79. The summed E-state index contributed by atoms with van der Waals surface area (Å²) in [7, 11) is 0. The van der Waals surface area contributed by atoms with Crippen LogP contribution in [0.3, 0.4) is 0 Å². The van der Waals surface area contributed by atoms with Crippen LogP contribution in [0.2, 0.25) is 0 Å². The molecular formula is C11H20N2O5. The van der Waals surface area contributed by atoms with E-state index in [1.165, 1.54) is 0 Å². The summed E-state index contributed by atoms with van der Waals surface area (Å²) in [6.07, 6.45) is 1.76. The fraction of sp³-hybridized carbons (Fsp3) is 0.818. The molecule has 1 rings (SSSR count). The zero-order valence-electron chi connectivity index (χ0n) is 10.2. The normalized spacial score (nSPS) is 18.3. The molecule has 18 heavy (non-hydrogen) atoms. The molecule has 0 aliphatic carbocycles. The van der Waals surface area contributed by atoms with Gasteiger partial charge in [0.25, 0.3) is 0 Å². The molecule has 0 radical (unpaired) electrons. The van der Waals surface area contributed by atoms with Crippen molar-refractivity contribution in [2.75, 3.05) is 26.3 Å². The maximum absolute atomic E-state index is 11.5. The molecule has 0 spiro atoms. The van der Waals surface area contributed by atoms with Crippen molar-refractivity contribution in [1.29, 1.82) is 0 Å². The highest BCUT2D eigenvalue weighted by Crippen LogP contribution is 2.06. The van der Waals surface area contributed by atoms with Gasteiger partial charge in [0.1, 0.15) is 12.6 Å². The first-order valence-corrected chi connectivity index (χ1v) is 6.09. The molecule has 1 heterocycles. The Morgan fingerprint density at radius 2 is 2.06 bits per heavy atom. The highest BCUT2D eigenvalue weighted by molar-refractivity contribution is 5.84. The zero-order chi connectivity index (χ0) is 13.4. The van der Waals surface area contributed by atoms with Crippen molar-refractivity contribution in [3.05, 3.63) is 0 Å². The van der Waals surface area contributed by atoms with E-state index in [2.05, 4.69) is 10.6 Å². The molecule has 1 amide bonds. The predicted octanol–water partition coefficient (Wildman–Crippen LogP) is -1.29. The minimum Gasteiger partial charge on any atom is -0.480 e. The molecule has 1 saturated heterocycles. The molecule has 1 aliphatic rings. The van der Waals surface area contributed by atoms with Crippen LogP contribution in [0.25, 0.3) is 0 Å². The number of hydrogen-bond acceptors (Lipinski definition) is 5. The van der Waals surface area contributed by atoms with Gasteiger partial charge in [-0.15, -0.1) is 0 Å². The summed E-state index contributed by atoms with van der Waals surface area (Å²) in [6.45, 7) is 1.31. The van der Waals surface area contributed by atoms with E-state index in [1.807, 2.05) is 0 Å². The van der Waals surface area contributed by atoms with E-state index in [1.54, 1.807) is 0 Å². The summed E-state index contributed by atoms with van der Waals surface area (Å²) < 4.78 is 5.40. The Balaban J connectivity index is 2.24. The first kappa shape index (κ1) is 14.9. The lowest BCUT2D eigenvalue weighted by Crippen LogP contribution is -2.44. The van der Waals surface area contributed by atoms with Gasteiger partial charge in [0, 0.05) is 13.0 Å². The zero-order valence-corrected chi connectivity index (χ0v) is 10.2. The second-order valence-corrected chi connectivity index (χ2v) is 4.23. The Kier molecular flexibility index (Phi) is 6.63. The number of aliphatic hydroxyl groups is 1. The van der Waals surface area contributed by atoms with Crippen molar-refractivity contribution < 1.29 is 24.5 Å². The van der Waals surface area contributed by atoms with Crippen molar-refractivity contribution >= 4 is 11.9 Å². The predicted molar refractivity (Wildman–Crippen MR) is 63.1 cm³/mol. The molecule has 1 atom stereocenters. The topological polar surface area (TPSA) is 108 Å². The number of carboxylic acid groups (broad SMARTS) is 1. The van der Waals surface area contributed by atoms with Crippen LogP contribution in [0.15, 0.2) is 0 Å². The Bertz CT molecular complexity index is 279. The molecule has 7 nitrogen and oxygen atoms in total. The molecular weight excluding hydrogens is 240 g/mol. The number of ether oxygens (including phenoxy) is 1. The Labute approximate surface area is 106 Å². The van der Waals surface area contributed by atoms with Gasteiger partial charge in [0.15, 0.2) is 0 Å². The van der Waals surface area contributed by atoms with Crippen molar-refractivity contribution in [3.63, 3.8) is 0 Å². The first-order valence-electron chi connectivity index (χ1n) is 6.09. The highest BCUT2D eigenvalue weighted by Gasteiger charge is 2.20. The van der Waals surface area contributed by atoms with Crippen LogP contribution in [-0.2, 0) is 14.3 Å². The lowest BCUT2D eigenvalue weighted by atomic mass is 10.1. The number of hydrogen-bond donors (Lipinski definition) is 4. The summed E-state index contributed by atoms with van der Waals surface area (Å²) in [5.41, 5.74) is 0. The largest absolute Gasteiger partial charge is 0.480 e. The average molecular weight is 260 g/mol. The minimum absolute atomic E-state index is 0.00553. The SMILES string of the molecule is O=C(COC1CCNCC1)NC(CCO)C(=O)O. The number of carboxylic acids is 1. The van der Waals surface area contributed by atoms with Gasteiger partial charge in [-0.2, -0.15) is 0 Å². The summed E-state index contributed by atoms with van der Waals surface area (Å²) in [6, 6.07) is -1.06. The molecule has 104 valence electrons. The second-order valence-electron chi connectivity index (χ2n) is 4.23. The maximum atomic E-state index is 11.5. The van der Waals surface area contributed by atoms with Crippen LogP contribution < -0.4 is 10.6 Å². The van der Waals surface area contributed by atoms with E-state index < -0.39 is 17.9 Å². The smallest absolute Gasteiger partial charge is 0.326 e. The number of aliphatic carboxylic acids is 1. The molecule has 1 fully saturated rings. The summed E-state index contributed by atoms with van der Waals surface area (Å²) >= 11 is 0. The standard InChI is InChI=1S/C11H20N2O5/c14-6-3-9(11(16)17)13-10(15)7-18-8-1-4-12-5-2-8/h8-9,12,14H,1-7H2,(H,13,15)(H,16,17). The van der Waals surface area contributed by atoms with Crippen LogP contribution in [-0.4, -0.2) is 60.5 Å². The van der Waals surface area contributed by atoms with Gasteiger partial charge in [0.05, 0.1) is 6.10 Å². The summed E-state index contributed by atoms with van der Waals surface area (Å²) in [5, 5.41) is 23.0. The van der Waals surface area contributed by atoms with Crippen molar-refractivity contribution in [2.45, 2.75) is 31.4 Å². The molecule has 1 aliphatic heterocycles. The van der Waals surface area contributed by atoms with E-state index >= 15 is 0 Å². The van der Waals surface area contributed by atoms with Gasteiger partial charge in [-0.25, -0.2) is 4.79 Å². The van der Waals surface area contributed by atoms with Crippen LogP contribution in [0.4, 0.5) is 0 Å². The van der Waals surface area contributed by atoms with E-state index in [0.717, 1.165) is 25.9 Å². The van der Waals surface area contributed by atoms with Crippen molar-refractivity contribution in [2.24, 2.45) is 0 Å². The van der Waals surface area contributed by atoms with Gasteiger partial charge >= 0.3 is 5.97 Å². The molecule has 0 bridgehead atoms. The quantitative estimate of drug-likeness (QED) is 0.453. The fourth-order valence-electron chi connectivity index (χ4n) is 1.78. The first-order chi connectivity index (χ1) is 8.63. The number of nitrogens with one attached hydrogen (secondary N) is 2. The number of piperidine rings is 1. The lowest BCUT2D eigenvalue weighted by molar-refractivity contribution is -0.143. The van der Waals surface area contributed by atoms with Crippen LogP contribution >= 0.6 is 0 Å². The van der Waals surface area contributed by atoms with Crippen molar-refractivity contribution in [1.82, 2.24) is 10.6 Å². The average Bonchev–Trinajstić information content (AvgIpc) is 2.37. The van der Waals surface area contributed by atoms with Gasteiger partial charge in [-0.1, -0.05) is 0 Å². The number of aliphatic hydroxyl groups excluding tert-OH is 1. The van der Waals surface area contributed by atoms with Gasteiger partial charge in [-0.3, -0.25) is 4.79 Å². The molecule has 0 aromatic rings. The molecule has 7 heteroatoms. The third kappa shape index (κ3) is 5.44. The highest BCUT2D eigenvalue weighted by atomic mass is 16.5. The second kappa shape index (κ2) is 8.02. The van der Waals surface area contributed by atoms with Crippen LogP contribution in [0, 0.1) is 0 Å². The van der Waals surface area contributed by atoms with Crippen molar-refractivity contribution in [3.8, 4) is 0 Å². The summed E-state index contributed by atoms with van der Waals surface area (Å²) in [5.74, 6) is -1.62. The van der Waals surface area contributed by atoms with Crippen LogP contribution in [0.5, 0.6) is 0 Å². The number of carbonyl (C=O) groups excluding carboxylic acids is 1. The molecule has 0 aromatic carbocycles. The summed E-state index contributed by atoms with van der Waals surface area (Å²) in [4.78, 5) is 22.2. The Morgan fingerprint density at radius 1 is 1.39 bits per heavy atom. The Morgan fingerprint density at radius 3 is 2.61 bits per heavy atom. The Hall–Kier alpha value is -1.18. The van der Waals surface area contributed by atoms with Crippen LogP contribution in [0.1, 0.15) is 19.3 Å². The van der Waals surface area contributed by atoms with E-state index in [-0.39, 0.29) is 25.7 Å². The number of rotatable bonds is 7. The fourth-order valence-corrected chi connectivity index (χ4v) is 1.78. The molecule has 4 N–H and O–H groups in total. The number of carbonyl (C=O) groups is 2. The van der Waals surface area contributed by atoms with E-state index in [0.29, 0.717) is 0 Å². The lowest BCUT2D eigenvalue weighted by Gasteiger charge is -2.23. The monoisotopic (exact) mass is 260 g/mol. The van der Waals surface area contributed by atoms with Gasteiger partial charge in [-0.05, 0) is 25.9 Å².